The van der Waals surface area contributed by atoms with E-state index < -0.39 is 23.6 Å². The maximum atomic E-state index is 12.5. The first-order chi connectivity index (χ1) is 15.0. The highest BCUT2D eigenvalue weighted by Crippen LogP contribution is 2.36. The van der Waals surface area contributed by atoms with Crippen LogP contribution in [0.3, 0.4) is 0 Å². The van der Waals surface area contributed by atoms with Gasteiger partial charge in [-0.1, -0.05) is 54.6 Å². The minimum Gasteiger partial charge on any atom is -0.465 e. The summed E-state index contributed by atoms with van der Waals surface area (Å²) in [6.45, 7) is 3.51. The van der Waals surface area contributed by atoms with Gasteiger partial charge in [0.1, 0.15) is 5.92 Å². The summed E-state index contributed by atoms with van der Waals surface area (Å²) >= 11 is 0. The predicted octanol–water partition coefficient (Wildman–Crippen LogP) is 4.83. The Morgan fingerprint density at radius 2 is 1.39 bits per heavy atom. The van der Waals surface area contributed by atoms with Crippen LogP contribution in [0.4, 0.5) is 0 Å². The second-order valence-corrected chi connectivity index (χ2v) is 7.51. The number of ether oxygens (including phenoxy) is 2. The zero-order valence-corrected chi connectivity index (χ0v) is 17.6. The van der Waals surface area contributed by atoms with Crippen molar-refractivity contribution in [2.75, 3.05) is 13.2 Å². The average molecular weight is 416 g/mol. The number of aryl methyl sites for hydroxylation is 1. The van der Waals surface area contributed by atoms with E-state index in [4.69, 9.17) is 9.47 Å². The van der Waals surface area contributed by atoms with Gasteiger partial charge in [0.2, 0.25) is 0 Å². The Morgan fingerprint density at radius 3 is 2.06 bits per heavy atom. The molecule has 0 aliphatic heterocycles. The van der Waals surface area contributed by atoms with Crippen LogP contribution >= 0.6 is 0 Å². The van der Waals surface area contributed by atoms with Crippen LogP contribution < -0.4 is 0 Å². The largest absolute Gasteiger partial charge is 0.465 e. The third kappa shape index (κ3) is 3.83. The number of ketones is 1. The van der Waals surface area contributed by atoms with Gasteiger partial charge >= 0.3 is 11.9 Å². The monoisotopic (exact) mass is 416 g/mol. The number of carbonyl (C=O) groups excluding carboxylic acids is 3. The molecule has 0 radical (unpaired) electrons. The molecule has 0 N–H and O–H groups in total. The number of Topliss-reactive ketones (excluding diaryl/α,β-unsaturated/α-hetero) is 1. The van der Waals surface area contributed by atoms with Crippen molar-refractivity contribution in [1.82, 2.24) is 0 Å². The fraction of sp³-hybridized carbons (Fsp3) is 0.269. The van der Waals surface area contributed by atoms with Crippen LogP contribution in [0.5, 0.6) is 0 Å². The molecular formula is C26H24O5. The van der Waals surface area contributed by atoms with Crippen molar-refractivity contribution in [3.05, 3.63) is 60.2 Å². The van der Waals surface area contributed by atoms with Crippen molar-refractivity contribution in [2.24, 2.45) is 5.92 Å². The second kappa shape index (κ2) is 8.72. The van der Waals surface area contributed by atoms with Gasteiger partial charge in [0, 0.05) is 0 Å². The molecule has 0 amide bonds. The zero-order chi connectivity index (χ0) is 22.0. The summed E-state index contributed by atoms with van der Waals surface area (Å²) in [4.78, 5) is 36.9. The van der Waals surface area contributed by atoms with Crippen molar-refractivity contribution in [2.45, 2.75) is 26.7 Å². The number of benzene rings is 4. The Bertz CT molecular complexity index is 1260. The predicted molar refractivity (Wildman–Crippen MR) is 120 cm³/mol. The van der Waals surface area contributed by atoms with Crippen LogP contribution in [-0.2, 0) is 30.3 Å². The number of carbonyl (C=O) groups is 3. The molecule has 4 rings (SSSR count). The summed E-state index contributed by atoms with van der Waals surface area (Å²) in [7, 11) is 0. The molecule has 1 atom stereocenters. The van der Waals surface area contributed by atoms with Gasteiger partial charge in [0.15, 0.2) is 0 Å². The molecule has 4 aromatic rings. The van der Waals surface area contributed by atoms with Crippen LogP contribution in [0.15, 0.2) is 54.6 Å². The quantitative estimate of drug-likeness (QED) is 0.178. The Labute approximate surface area is 180 Å². The standard InChI is InChI=1S/C26H24O5/c1-3-30-25(28)21(24(27)26(29)31-4-2)15-12-16-8-9-19-11-10-17-6-5-7-18-13-14-20(16)23(19)22(17)18/h5-11,13-14,21H,3-4,12,15H2,1-2H3/t21-/m1/s1. The molecule has 0 saturated heterocycles. The van der Waals surface area contributed by atoms with E-state index >= 15 is 0 Å². The summed E-state index contributed by atoms with van der Waals surface area (Å²) < 4.78 is 9.87. The van der Waals surface area contributed by atoms with Gasteiger partial charge in [0.25, 0.3) is 5.78 Å². The van der Waals surface area contributed by atoms with Gasteiger partial charge in [-0.2, -0.15) is 0 Å². The Hall–Kier alpha value is -3.47. The zero-order valence-electron chi connectivity index (χ0n) is 17.6. The molecule has 0 aliphatic rings. The van der Waals surface area contributed by atoms with E-state index in [-0.39, 0.29) is 19.6 Å². The number of rotatable bonds is 8. The third-order valence-corrected chi connectivity index (χ3v) is 5.69. The molecule has 5 nitrogen and oxygen atoms in total. The molecule has 5 heteroatoms. The highest BCUT2D eigenvalue weighted by Gasteiger charge is 2.33. The van der Waals surface area contributed by atoms with Gasteiger partial charge in [-0.25, -0.2) is 4.79 Å². The summed E-state index contributed by atoms with van der Waals surface area (Å²) in [5.41, 5.74) is 1.02. The molecule has 0 spiro atoms. The van der Waals surface area contributed by atoms with Crippen LogP contribution in [0.2, 0.25) is 0 Å². The van der Waals surface area contributed by atoms with Crippen LogP contribution in [-0.4, -0.2) is 30.9 Å². The van der Waals surface area contributed by atoms with E-state index in [0.717, 1.165) is 16.3 Å². The lowest BCUT2D eigenvalue weighted by molar-refractivity contribution is -0.162. The van der Waals surface area contributed by atoms with Crippen LogP contribution in [0.1, 0.15) is 25.8 Å². The first-order valence-corrected chi connectivity index (χ1v) is 10.6. The highest BCUT2D eigenvalue weighted by atomic mass is 16.5. The molecule has 0 aliphatic carbocycles. The van der Waals surface area contributed by atoms with E-state index in [0.29, 0.717) is 6.42 Å². The SMILES string of the molecule is CCOC(=O)C(=O)[C@@H](CCc1ccc2ccc3cccc4ccc1c2c34)C(=O)OCC. The summed E-state index contributed by atoms with van der Waals surface area (Å²) in [5.74, 6) is -3.69. The van der Waals surface area contributed by atoms with Gasteiger partial charge < -0.3 is 9.47 Å². The Morgan fingerprint density at radius 1 is 0.774 bits per heavy atom. The fourth-order valence-electron chi connectivity index (χ4n) is 4.26. The minimum absolute atomic E-state index is 0.0785. The molecule has 0 aromatic heterocycles. The molecule has 0 bridgehead atoms. The summed E-state index contributed by atoms with van der Waals surface area (Å²) in [6, 6.07) is 18.8. The lowest BCUT2D eigenvalue weighted by atomic mass is 9.89. The number of hydrogen-bond acceptors (Lipinski definition) is 5. The average Bonchev–Trinajstić information content (AvgIpc) is 2.78. The Balaban J connectivity index is 1.70. The maximum absolute atomic E-state index is 12.5. The second-order valence-electron chi connectivity index (χ2n) is 7.51. The highest BCUT2D eigenvalue weighted by molar-refractivity contribution is 6.37. The molecule has 0 fully saturated rings. The molecule has 0 saturated carbocycles. The maximum Gasteiger partial charge on any atom is 0.375 e. The van der Waals surface area contributed by atoms with Crippen LogP contribution in [0, 0.1) is 5.92 Å². The third-order valence-electron chi connectivity index (χ3n) is 5.69. The molecule has 4 aromatic carbocycles. The van der Waals surface area contributed by atoms with Gasteiger partial charge in [-0.15, -0.1) is 0 Å². The molecule has 31 heavy (non-hydrogen) atoms. The molecular weight excluding hydrogens is 392 g/mol. The minimum atomic E-state index is -1.17. The normalized spacial score (nSPS) is 12.3. The van der Waals surface area contributed by atoms with E-state index in [2.05, 4.69) is 42.5 Å². The topological polar surface area (TPSA) is 69.7 Å². The summed E-state index contributed by atoms with van der Waals surface area (Å²) in [6.07, 6.45) is 0.642. The molecule has 0 unspecified atom stereocenters. The van der Waals surface area contributed by atoms with E-state index in [9.17, 15) is 14.4 Å². The van der Waals surface area contributed by atoms with Crippen LogP contribution in [0.25, 0.3) is 32.3 Å². The number of hydrogen-bond donors (Lipinski definition) is 0. The van der Waals surface area contributed by atoms with E-state index in [1.165, 1.54) is 21.5 Å². The Kier molecular flexibility index (Phi) is 5.85. The van der Waals surface area contributed by atoms with Gasteiger partial charge in [-0.05, 0) is 64.6 Å². The van der Waals surface area contributed by atoms with Crippen molar-refractivity contribution >= 4 is 50.0 Å². The van der Waals surface area contributed by atoms with E-state index in [1.54, 1.807) is 13.8 Å². The van der Waals surface area contributed by atoms with Crippen molar-refractivity contribution in [1.29, 1.82) is 0 Å². The fourth-order valence-corrected chi connectivity index (χ4v) is 4.26. The number of esters is 2. The molecule has 0 heterocycles. The molecule has 158 valence electrons. The van der Waals surface area contributed by atoms with Crippen molar-refractivity contribution in [3.63, 3.8) is 0 Å². The summed E-state index contributed by atoms with van der Waals surface area (Å²) in [5, 5.41) is 6.98. The van der Waals surface area contributed by atoms with Crippen molar-refractivity contribution in [3.8, 4) is 0 Å². The van der Waals surface area contributed by atoms with Crippen molar-refractivity contribution < 1.29 is 23.9 Å². The first-order valence-electron chi connectivity index (χ1n) is 10.6. The lowest BCUT2D eigenvalue weighted by Gasteiger charge is -2.16. The van der Waals surface area contributed by atoms with E-state index in [1.807, 2.05) is 12.1 Å². The van der Waals surface area contributed by atoms with Gasteiger partial charge in [0.05, 0.1) is 13.2 Å². The lowest BCUT2D eigenvalue weighted by Crippen LogP contribution is -2.33. The van der Waals surface area contributed by atoms with Gasteiger partial charge in [-0.3, -0.25) is 9.59 Å². The smallest absolute Gasteiger partial charge is 0.375 e. The first kappa shape index (κ1) is 20.8.